The van der Waals surface area contributed by atoms with Gasteiger partial charge in [-0.25, -0.2) is 9.78 Å². The highest BCUT2D eigenvalue weighted by atomic mass is 35.5. The number of hydrogen-bond acceptors (Lipinski definition) is 7. The Morgan fingerprint density at radius 1 is 1.11 bits per heavy atom. The normalized spacial score (nSPS) is 10.3. The highest BCUT2D eigenvalue weighted by Gasteiger charge is 2.10. The summed E-state index contributed by atoms with van der Waals surface area (Å²) in [6.45, 7) is 1.91. The van der Waals surface area contributed by atoms with Crippen molar-refractivity contribution in [1.82, 2.24) is 9.97 Å². The molecule has 0 aliphatic carbocycles. The van der Waals surface area contributed by atoms with Crippen molar-refractivity contribution in [2.24, 2.45) is 0 Å². The van der Waals surface area contributed by atoms with Crippen LogP contribution >= 0.6 is 11.6 Å². The van der Waals surface area contributed by atoms with Gasteiger partial charge >= 0.3 is 5.97 Å². The summed E-state index contributed by atoms with van der Waals surface area (Å²) < 4.78 is 10.1. The molecule has 3 rings (SSSR count). The maximum absolute atomic E-state index is 11.7. The van der Waals surface area contributed by atoms with Crippen LogP contribution in [0.3, 0.4) is 0 Å². The van der Waals surface area contributed by atoms with Gasteiger partial charge in [0.1, 0.15) is 11.6 Å². The van der Waals surface area contributed by atoms with Gasteiger partial charge in [0.25, 0.3) is 0 Å². The number of hydrogen-bond donors (Lipinski definition) is 2. The first-order chi connectivity index (χ1) is 13.5. The average Bonchev–Trinajstić information content (AvgIpc) is 2.70. The van der Waals surface area contributed by atoms with Crippen LogP contribution in [-0.2, 0) is 4.74 Å². The first-order valence-electron chi connectivity index (χ1n) is 8.39. The first kappa shape index (κ1) is 19.4. The van der Waals surface area contributed by atoms with Gasteiger partial charge in [0.2, 0.25) is 5.95 Å². The summed E-state index contributed by atoms with van der Waals surface area (Å²) in [4.78, 5) is 20.3. The van der Waals surface area contributed by atoms with Gasteiger partial charge in [-0.05, 0) is 42.8 Å². The van der Waals surface area contributed by atoms with Gasteiger partial charge in [0.15, 0.2) is 0 Å². The fraction of sp³-hybridized carbons (Fsp3) is 0.150. The van der Waals surface area contributed by atoms with Crippen molar-refractivity contribution in [3.8, 4) is 5.75 Å². The zero-order chi connectivity index (χ0) is 20.1. The van der Waals surface area contributed by atoms with Crippen LogP contribution < -0.4 is 15.4 Å². The lowest BCUT2D eigenvalue weighted by molar-refractivity contribution is 0.0601. The number of halogens is 1. The fourth-order valence-corrected chi connectivity index (χ4v) is 2.68. The standard InChI is InChI=1S/C20H19ClN4O3/c1-12-9-16(17(27-2)11-15(12)21)24-18-7-8-22-20(25-18)23-14-6-4-5-13(10-14)19(26)28-3/h4-11H,1-3H3,(H2,22,23,24,25). The van der Waals surface area contributed by atoms with E-state index in [0.717, 1.165) is 11.3 Å². The van der Waals surface area contributed by atoms with Crippen LogP contribution in [0, 0.1) is 6.92 Å². The van der Waals surface area contributed by atoms with Crippen molar-refractivity contribution >= 4 is 40.7 Å². The average molecular weight is 399 g/mol. The molecule has 0 bridgehead atoms. The van der Waals surface area contributed by atoms with Gasteiger partial charge in [0.05, 0.1) is 25.5 Å². The van der Waals surface area contributed by atoms with Gasteiger partial charge in [-0.3, -0.25) is 0 Å². The summed E-state index contributed by atoms with van der Waals surface area (Å²) in [6, 6.07) is 12.3. The van der Waals surface area contributed by atoms with E-state index in [1.807, 2.05) is 19.1 Å². The molecule has 0 unspecified atom stereocenters. The third-order valence-electron chi connectivity index (χ3n) is 3.94. The molecule has 0 saturated heterocycles. The molecule has 0 amide bonds. The second kappa shape index (κ2) is 8.58. The number of ether oxygens (including phenoxy) is 2. The molecule has 0 spiro atoms. The second-order valence-electron chi connectivity index (χ2n) is 5.89. The zero-order valence-corrected chi connectivity index (χ0v) is 16.4. The fourth-order valence-electron chi connectivity index (χ4n) is 2.53. The summed E-state index contributed by atoms with van der Waals surface area (Å²) >= 11 is 6.15. The van der Waals surface area contributed by atoms with Crippen molar-refractivity contribution in [1.29, 1.82) is 0 Å². The van der Waals surface area contributed by atoms with E-state index in [1.165, 1.54) is 7.11 Å². The predicted octanol–water partition coefficient (Wildman–Crippen LogP) is 4.72. The van der Waals surface area contributed by atoms with Crippen LogP contribution in [0.4, 0.5) is 23.1 Å². The van der Waals surface area contributed by atoms with E-state index in [4.69, 9.17) is 21.1 Å². The number of nitrogens with zero attached hydrogens (tertiary/aromatic N) is 2. The van der Waals surface area contributed by atoms with Crippen molar-refractivity contribution in [3.05, 3.63) is 64.8 Å². The Hall–Kier alpha value is -3.32. The van der Waals surface area contributed by atoms with E-state index in [0.29, 0.717) is 33.8 Å². The Balaban J connectivity index is 1.82. The number of esters is 1. The molecule has 2 N–H and O–H groups in total. The largest absolute Gasteiger partial charge is 0.495 e. The molecule has 3 aromatic rings. The SMILES string of the molecule is COC(=O)c1cccc(Nc2nccc(Nc3cc(C)c(Cl)cc3OC)n2)c1. The lowest BCUT2D eigenvalue weighted by Gasteiger charge is -2.13. The molecular weight excluding hydrogens is 380 g/mol. The van der Waals surface area contributed by atoms with Gasteiger partial charge in [-0.15, -0.1) is 0 Å². The molecule has 0 aliphatic rings. The van der Waals surface area contributed by atoms with Crippen molar-refractivity contribution in [2.45, 2.75) is 6.92 Å². The topological polar surface area (TPSA) is 85.4 Å². The monoisotopic (exact) mass is 398 g/mol. The van der Waals surface area contributed by atoms with Gasteiger partial charge in [0, 0.05) is 23.0 Å². The van der Waals surface area contributed by atoms with Crippen LogP contribution in [0.5, 0.6) is 5.75 Å². The van der Waals surface area contributed by atoms with Crippen molar-refractivity contribution in [2.75, 3.05) is 24.9 Å². The Morgan fingerprint density at radius 2 is 1.93 bits per heavy atom. The van der Waals surface area contributed by atoms with E-state index in [-0.39, 0.29) is 0 Å². The number of benzene rings is 2. The summed E-state index contributed by atoms with van der Waals surface area (Å²) in [5.74, 6) is 1.14. The number of carbonyl (C=O) groups excluding carboxylic acids is 1. The van der Waals surface area contributed by atoms with E-state index in [9.17, 15) is 4.79 Å². The Labute approximate surface area is 167 Å². The summed E-state index contributed by atoms with van der Waals surface area (Å²) in [6.07, 6.45) is 1.62. The number of aromatic nitrogens is 2. The van der Waals surface area contributed by atoms with E-state index in [1.54, 1.807) is 43.6 Å². The molecular formula is C20H19ClN4O3. The Morgan fingerprint density at radius 3 is 2.68 bits per heavy atom. The highest BCUT2D eigenvalue weighted by molar-refractivity contribution is 6.31. The van der Waals surface area contributed by atoms with Gasteiger partial charge in [-0.1, -0.05) is 17.7 Å². The van der Waals surface area contributed by atoms with Gasteiger partial charge < -0.3 is 20.1 Å². The quantitative estimate of drug-likeness (QED) is 0.581. The molecule has 0 fully saturated rings. The molecule has 0 atom stereocenters. The van der Waals surface area contributed by atoms with E-state index >= 15 is 0 Å². The third-order valence-corrected chi connectivity index (χ3v) is 4.35. The van der Waals surface area contributed by atoms with Crippen molar-refractivity contribution in [3.63, 3.8) is 0 Å². The maximum atomic E-state index is 11.7. The summed E-state index contributed by atoms with van der Waals surface area (Å²) in [7, 11) is 2.92. The Kier molecular flexibility index (Phi) is 5.96. The molecule has 2 aromatic carbocycles. The minimum Gasteiger partial charge on any atom is -0.495 e. The smallest absolute Gasteiger partial charge is 0.337 e. The van der Waals surface area contributed by atoms with Crippen LogP contribution in [0.1, 0.15) is 15.9 Å². The highest BCUT2D eigenvalue weighted by Crippen LogP contribution is 2.32. The lowest BCUT2D eigenvalue weighted by Crippen LogP contribution is -2.04. The van der Waals surface area contributed by atoms with Crippen LogP contribution in [0.2, 0.25) is 5.02 Å². The van der Waals surface area contributed by atoms with Crippen LogP contribution in [0.15, 0.2) is 48.7 Å². The molecule has 0 aliphatic heterocycles. The maximum Gasteiger partial charge on any atom is 0.337 e. The van der Waals surface area contributed by atoms with E-state index in [2.05, 4.69) is 20.6 Å². The first-order valence-corrected chi connectivity index (χ1v) is 8.77. The Bertz CT molecular complexity index is 1010. The number of carbonyl (C=O) groups is 1. The molecule has 0 saturated carbocycles. The summed E-state index contributed by atoms with van der Waals surface area (Å²) in [5, 5.41) is 6.91. The number of methoxy groups -OCH3 is 2. The minimum absolute atomic E-state index is 0.372. The molecule has 144 valence electrons. The van der Waals surface area contributed by atoms with E-state index < -0.39 is 5.97 Å². The van der Waals surface area contributed by atoms with Crippen LogP contribution in [-0.4, -0.2) is 30.2 Å². The molecule has 7 nitrogen and oxygen atoms in total. The second-order valence-corrected chi connectivity index (χ2v) is 6.30. The number of anilines is 4. The number of rotatable bonds is 6. The molecule has 28 heavy (non-hydrogen) atoms. The number of nitrogens with one attached hydrogen (secondary N) is 2. The minimum atomic E-state index is -0.412. The van der Waals surface area contributed by atoms with Crippen molar-refractivity contribution < 1.29 is 14.3 Å². The third kappa shape index (κ3) is 4.50. The number of aryl methyl sites for hydroxylation is 1. The molecule has 8 heteroatoms. The summed E-state index contributed by atoms with van der Waals surface area (Å²) in [5.41, 5.74) is 2.75. The molecule has 1 heterocycles. The lowest BCUT2D eigenvalue weighted by atomic mass is 10.2. The molecule has 0 radical (unpaired) electrons. The molecule has 1 aromatic heterocycles. The van der Waals surface area contributed by atoms with Gasteiger partial charge in [-0.2, -0.15) is 4.98 Å². The van der Waals surface area contributed by atoms with Crippen LogP contribution in [0.25, 0.3) is 0 Å². The predicted molar refractivity (Wildman–Crippen MR) is 109 cm³/mol. The zero-order valence-electron chi connectivity index (χ0n) is 15.6.